The molecule has 0 spiro atoms. The van der Waals surface area contributed by atoms with Crippen molar-refractivity contribution in [2.75, 3.05) is 19.6 Å². The van der Waals surface area contributed by atoms with E-state index in [0.717, 1.165) is 31.9 Å². The number of phenolic OH excluding ortho intramolecular Hbond substituents is 1. The van der Waals surface area contributed by atoms with Crippen LogP contribution >= 0.6 is 0 Å². The van der Waals surface area contributed by atoms with E-state index in [9.17, 15) is 23.9 Å². The maximum Gasteiger partial charge on any atom is 0.257 e. The normalized spacial score (nSPS) is 17.0. The van der Waals surface area contributed by atoms with Gasteiger partial charge in [-0.15, -0.1) is 0 Å². The number of nitrogens with zero attached hydrogens (tertiary/aromatic N) is 4. The first-order valence-electron chi connectivity index (χ1n) is 11.5. The lowest BCUT2D eigenvalue weighted by atomic mass is 10.1. The quantitative estimate of drug-likeness (QED) is 0.640. The smallest absolute Gasteiger partial charge is 0.257 e. The monoisotopic (exact) mass is 464 g/mol. The van der Waals surface area contributed by atoms with Crippen molar-refractivity contribution in [2.45, 2.75) is 38.3 Å². The Balaban J connectivity index is 1.38. The van der Waals surface area contributed by atoms with Crippen LogP contribution in [-0.2, 0) is 11.3 Å². The number of phenols is 1. The van der Waals surface area contributed by atoms with Crippen molar-refractivity contribution in [3.05, 3.63) is 69.8 Å². The highest BCUT2D eigenvalue weighted by atomic mass is 19.1. The minimum atomic E-state index is -0.667. The maximum absolute atomic E-state index is 14.7. The van der Waals surface area contributed by atoms with Gasteiger partial charge in [-0.2, -0.15) is 5.10 Å². The van der Waals surface area contributed by atoms with Gasteiger partial charge in [-0.25, -0.2) is 4.39 Å². The Labute approximate surface area is 195 Å². The topological polar surface area (TPSA) is 95.7 Å². The zero-order chi connectivity index (χ0) is 23.8. The number of carbonyl (C=O) groups excluding carboxylic acids is 2. The molecule has 3 aromatic rings. The first kappa shape index (κ1) is 22.1. The number of aromatic nitrogens is 2. The van der Waals surface area contributed by atoms with E-state index in [0.29, 0.717) is 24.0 Å². The molecule has 8 nitrogen and oxygen atoms in total. The van der Waals surface area contributed by atoms with Crippen LogP contribution in [0.5, 0.6) is 5.75 Å². The van der Waals surface area contributed by atoms with Gasteiger partial charge in [-0.3, -0.25) is 19.1 Å². The van der Waals surface area contributed by atoms with Gasteiger partial charge in [0.25, 0.3) is 5.91 Å². The third-order valence-electron chi connectivity index (χ3n) is 6.76. The zero-order valence-electron chi connectivity index (χ0n) is 18.6. The molecule has 1 aliphatic heterocycles. The summed E-state index contributed by atoms with van der Waals surface area (Å²) >= 11 is 0. The fraction of sp³-hybridized carbons (Fsp3) is 0.360. The van der Waals surface area contributed by atoms with Crippen molar-refractivity contribution in [1.82, 2.24) is 19.6 Å². The van der Waals surface area contributed by atoms with Crippen LogP contribution in [0.25, 0.3) is 10.9 Å². The van der Waals surface area contributed by atoms with E-state index >= 15 is 0 Å². The number of aromatic hydroxyl groups is 1. The van der Waals surface area contributed by atoms with Crippen molar-refractivity contribution in [3.8, 4) is 5.75 Å². The fourth-order valence-corrected chi connectivity index (χ4v) is 5.01. The van der Waals surface area contributed by atoms with Crippen LogP contribution in [0.3, 0.4) is 0 Å². The molecule has 2 aliphatic rings. The average molecular weight is 464 g/mol. The van der Waals surface area contributed by atoms with Gasteiger partial charge in [-0.05, 0) is 42.7 Å². The van der Waals surface area contributed by atoms with Crippen molar-refractivity contribution in [1.29, 1.82) is 0 Å². The van der Waals surface area contributed by atoms with E-state index in [1.54, 1.807) is 12.1 Å². The van der Waals surface area contributed by atoms with Gasteiger partial charge in [-0.1, -0.05) is 25.0 Å². The van der Waals surface area contributed by atoms with Crippen LogP contribution in [0.4, 0.5) is 4.39 Å². The molecule has 0 radical (unpaired) electrons. The summed E-state index contributed by atoms with van der Waals surface area (Å²) in [5.74, 6) is -1.39. The molecular formula is C25H25FN4O4. The lowest BCUT2D eigenvalue weighted by molar-refractivity contribution is -0.137. The van der Waals surface area contributed by atoms with Crippen molar-refractivity contribution in [2.24, 2.45) is 0 Å². The lowest BCUT2D eigenvalue weighted by Gasteiger charge is -2.37. The number of benzene rings is 2. The number of amides is 2. The van der Waals surface area contributed by atoms with Gasteiger partial charge in [0, 0.05) is 19.1 Å². The summed E-state index contributed by atoms with van der Waals surface area (Å²) in [6.45, 7) is 0.885. The van der Waals surface area contributed by atoms with Crippen LogP contribution < -0.4 is 5.43 Å². The number of piperazine rings is 1. The Morgan fingerprint density at radius 2 is 1.91 bits per heavy atom. The maximum atomic E-state index is 14.7. The number of hydrogen-bond donors (Lipinski definition) is 1. The molecule has 0 unspecified atom stereocenters. The van der Waals surface area contributed by atoms with Crippen molar-refractivity contribution >= 4 is 22.7 Å². The molecule has 2 aromatic carbocycles. The van der Waals surface area contributed by atoms with Crippen LogP contribution in [0.2, 0.25) is 0 Å². The molecule has 2 fully saturated rings. The Kier molecular flexibility index (Phi) is 5.77. The van der Waals surface area contributed by atoms with Gasteiger partial charge in [0.05, 0.1) is 23.7 Å². The van der Waals surface area contributed by atoms with Gasteiger partial charge in [0.1, 0.15) is 23.6 Å². The number of rotatable bonds is 4. The first-order valence-corrected chi connectivity index (χ1v) is 11.5. The highest BCUT2D eigenvalue weighted by molar-refractivity contribution is 5.97. The molecule has 2 heterocycles. The number of carbonyl (C=O) groups is 2. The minimum absolute atomic E-state index is 0.0568. The second-order valence-electron chi connectivity index (χ2n) is 8.91. The molecule has 1 aromatic heterocycles. The van der Waals surface area contributed by atoms with Gasteiger partial charge < -0.3 is 14.9 Å². The Morgan fingerprint density at radius 1 is 1.12 bits per heavy atom. The van der Waals surface area contributed by atoms with Crippen molar-refractivity contribution in [3.63, 3.8) is 0 Å². The molecule has 1 aliphatic carbocycles. The number of fused-ring (bicyclic) bond motifs is 1. The van der Waals surface area contributed by atoms with Crippen molar-refractivity contribution < 1.29 is 19.1 Å². The molecule has 1 N–H and O–H groups in total. The van der Waals surface area contributed by atoms with Crippen LogP contribution in [0.1, 0.15) is 41.6 Å². The molecule has 34 heavy (non-hydrogen) atoms. The second-order valence-corrected chi connectivity index (χ2v) is 8.91. The largest absolute Gasteiger partial charge is 0.506 e. The number of hydrogen-bond acceptors (Lipinski definition) is 5. The summed E-state index contributed by atoms with van der Waals surface area (Å²) in [5, 5.41) is 14.7. The second kappa shape index (κ2) is 8.89. The molecule has 5 rings (SSSR count). The third kappa shape index (κ3) is 4.02. The zero-order valence-corrected chi connectivity index (χ0v) is 18.6. The first-order chi connectivity index (χ1) is 16.4. The van der Waals surface area contributed by atoms with Gasteiger partial charge >= 0.3 is 0 Å². The SMILES string of the molecule is O=C(c1cc(Cn2ncc(=O)c3cccc(O)c32)ccc1F)N1CCN(C2CCCC2)C(=O)C1. The summed E-state index contributed by atoms with van der Waals surface area (Å²) < 4.78 is 16.1. The van der Waals surface area contributed by atoms with Crippen LogP contribution in [-0.4, -0.2) is 62.2 Å². The Hall–Kier alpha value is -3.75. The van der Waals surface area contributed by atoms with Crippen LogP contribution in [0.15, 0.2) is 47.4 Å². The highest BCUT2D eigenvalue weighted by Gasteiger charge is 2.33. The molecule has 1 saturated heterocycles. The van der Waals surface area contributed by atoms with Gasteiger partial charge in [0.15, 0.2) is 0 Å². The molecule has 0 atom stereocenters. The average Bonchev–Trinajstić information content (AvgIpc) is 3.36. The lowest BCUT2D eigenvalue weighted by Crippen LogP contribution is -2.55. The highest BCUT2D eigenvalue weighted by Crippen LogP contribution is 2.26. The standard InChI is InChI=1S/C25H25FN4O4/c26-20-9-8-16(14-30-24-18(22(32)13-27-30)6-3-7-21(24)31)12-19(20)25(34)28-10-11-29(23(33)15-28)17-4-1-2-5-17/h3,6-9,12-13,17,31H,1-2,4-5,10-11,14-15H2. The molecule has 176 valence electrons. The van der Waals surface area contributed by atoms with Gasteiger partial charge in [0.2, 0.25) is 11.3 Å². The van der Waals surface area contributed by atoms with E-state index in [-0.39, 0.29) is 47.3 Å². The predicted octanol–water partition coefficient (Wildman–Crippen LogP) is 2.52. The summed E-state index contributed by atoms with van der Waals surface area (Å²) in [6, 6.07) is 9.06. The minimum Gasteiger partial charge on any atom is -0.506 e. The molecule has 1 saturated carbocycles. The Bertz CT molecular complexity index is 1330. The van der Waals surface area contributed by atoms with E-state index < -0.39 is 11.7 Å². The molecule has 2 amide bonds. The number of halogens is 1. The fourth-order valence-electron chi connectivity index (χ4n) is 5.01. The summed E-state index contributed by atoms with van der Waals surface area (Å²) in [7, 11) is 0. The molecule has 0 bridgehead atoms. The summed E-state index contributed by atoms with van der Waals surface area (Å²) in [4.78, 5) is 41.2. The van der Waals surface area contributed by atoms with Crippen LogP contribution in [0, 0.1) is 5.82 Å². The van der Waals surface area contributed by atoms with E-state index in [1.165, 1.54) is 33.8 Å². The Morgan fingerprint density at radius 3 is 2.68 bits per heavy atom. The molecular weight excluding hydrogens is 439 g/mol. The summed E-state index contributed by atoms with van der Waals surface area (Å²) in [6.07, 6.45) is 5.39. The number of para-hydroxylation sites is 1. The third-order valence-corrected chi connectivity index (χ3v) is 6.76. The van der Waals surface area contributed by atoms with E-state index in [2.05, 4.69) is 5.10 Å². The van der Waals surface area contributed by atoms with E-state index in [4.69, 9.17) is 0 Å². The van der Waals surface area contributed by atoms with E-state index in [1.807, 2.05) is 4.90 Å². The summed E-state index contributed by atoms with van der Waals surface area (Å²) in [5.41, 5.74) is 0.398. The molecule has 9 heteroatoms. The predicted molar refractivity (Wildman–Crippen MR) is 123 cm³/mol.